The van der Waals surface area contributed by atoms with Crippen molar-refractivity contribution in [3.8, 4) is 0 Å². The zero-order chi connectivity index (χ0) is 17.4. The summed E-state index contributed by atoms with van der Waals surface area (Å²) in [7, 11) is 0. The van der Waals surface area contributed by atoms with Crippen LogP contribution in [0.25, 0.3) is 0 Å². The van der Waals surface area contributed by atoms with Crippen molar-refractivity contribution in [3.63, 3.8) is 0 Å². The van der Waals surface area contributed by atoms with E-state index in [-0.39, 0.29) is 17.2 Å². The monoisotopic (exact) mass is 341 g/mol. The number of likely N-dealkylation sites (tertiary alicyclic amines) is 1. The van der Waals surface area contributed by atoms with E-state index >= 15 is 0 Å². The minimum atomic E-state index is -4.40. The van der Waals surface area contributed by atoms with E-state index in [0.29, 0.717) is 31.8 Å². The zero-order valence-electron chi connectivity index (χ0n) is 13.7. The van der Waals surface area contributed by atoms with E-state index in [1.807, 2.05) is 11.8 Å². The molecule has 1 atom stereocenters. The highest BCUT2D eigenvalue weighted by Gasteiger charge is 2.38. The minimum Gasteiger partial charge on any atom is -0.342 e. The lowest BCUT2D eigenvalue weighted by Gasteiger charge is -2.38. The Kier molecular flexibility index (Phi) is 4.44. The Morgan fingerprint density at radius 1 is 1.33 bits per heavy atom. The number of aromatic amines is 1. The molecule has 1 saturated heterocycles. The van der Waals surface area contributed by atoms with Crippen molar-refractivity contribution in [1.29, 1.82) is 0 Å². The maximum atomic E-state index is 12.8. The first-order valence-electron chi connectivity index (χ1n) is 8.36. The number of halogens is 3. The van der Waals surface area contributed by atoms with Gasteiger partial charge in [0.1, 0.15) is 11.5 Å². The fourth-order valence-corrected chi connectivity index (χ4v) is 3.59. The van der Waals surface area contributed by atoms with E-state index in [1.165, 1.54) is 0 Å². The molecule has 4 nitrogen and oxygen atoms in total. The SMILES string of the molecule is CC1(C(=O)N2CCC(c3ncc(C(F)(F)F)[nH]3)CC2)CC=CCC1. The summed E-state index contributed by atoms with van der Waals surface area (Å²) in [5, 5.41) is 0. The van der Waals surface area contributed by atoms with Gasteiger partial charge in [0.15, 0.2) is 0 Å². The molecular weight excluding hydrogens is 319 g/mol. The molecule has 0 radical (unpaired) electrons. The molecule has 0 bridgehead atoms. The van der Waals surface area contributed by atoms with Crippen LogP contribution in [0.15, 0.2) is 18.3 Å². The number of H-pyrrole nitrogens is 1. The van der Waals surface area contributed by atoms with Gasteiger partial charge in [-0.15, -0.1) is 0 Å². The van der Waals surface area contributed by atoms with Gasteiger partial charge in [0.25, 0.3) is 0 Å². The van der Waals surface area contributed by atoms with Crippen LogP contribution in [0.3, 0.4) is 0 Å². The molecule has 1 aromatic heterocycles. The van der Waals surface area contributed by atoms with Crippen LogP contribution < -0.4 is 0 Å². The van der Waals surface area contributed by atoms with Crippen molar-refractivity contribution in [2.24, 2.45) is 5.41 Å². The molecule has 24 heavy (non-hydrogen) atoms. The lowest BCUT2D eigenvalue weighted by molar-refractivity contribution is -0.143. The summed E-state index contributed by atoms with van der Waals surface area (Å²) >= 11 is 0. The van der Waals surface area contributed by atoms with Crippen molar-refractivity contribution >= 4 is 5.91 Å². The van der Waals surface area contributed by atoms with E-state index in [0.717, 1.165) is 25.5 Å². The topological polar surface area (TPSA) is 49.0 Å². The number of imidazole rings is 1. The van der Waals surface area contributed by atoms with Crippen LogP contribution >= 0.6 is 0 Å². The Morgan fingerprint density at radius 2 is 2.04 bits per heavy atom. The highest BCUT2D eigenvalue weighted by Crippen LogP contribution is 2.37. The quantitative estimate of drug-likeness (QED) is 0.830. The minimum absolute atomic E-state index is 0.0517. The van der Waals surface area contributed by atoms with Crippen molar-refractivity contribution in [1.82, 2.24) is 14.9 Å². The summed E-state index contributed by atoms with van der Waals surface area (Å²) < 4.78 is 38.0. The van der Waals surface area contributed by atoms with Crippen molar-refractivity contribution in [2.45, 2.75) is 51.1 Å². The second-order valence-corrected chi connectivity index (χ2v) is 7.02. The van der Waals surface area contributed by atoms with Crippen LogP contribution in [0.4, 0.5) is 13.2 Å². The van der Waals surface area contributed by atoms with Gasteiger partial charge in [0.05, 0.1) is 11.6 Å². The Bertz CT molecular complexity index is 629. The normalized spacial score (nSPS) is 25.9. The Morgan fingerprint density at radius 3 is 2.58 bits per heavy atom. The number of piperidine rings is 1. The average Bonchev–Trinajstić information content (AvgIpc) is 3.05. The lowest BCUT2D eigenvalue weighted by atomic mass is 9.77. The number of hydrogen-bond acceptors (Lipinski definition) is 2. The first kappa shape index (κ1) is 17.0. The van der Waals surface area contributed by atoms with Gasteiger partial charge in [-0.25, -0.2) is 4.98 Å². The van der Waals surface area contributed by atoms with E-state index < -0.39 is 11.9 Å². The van der Waals surface area contributed by atoms with Gasteiger partial charge in [0.2, 0.25) is 5.91 Å². The number of aromatic nitrogens is 2. The average molecular weight is 341 g/mol. The molecule has 1 N–H and O–H groups in total. The number of alkyl halides is 3. The van der Waals surface area contributed by atoms with E-state index in [1.54, 1.807) is 0 Å². The largest absolute Gasteiger partial charge is 0.432 e. The molecule has 1 unspecified atom stereocenters. The second-order valence-electron chi connectivity index (χ2n) is 7.02. The summed E-state index contributed by atoms with van der Waals surface area (Å²) in [6, 6.07) is 0. The van der Waals surface area contributed by atoms with E-state index in [2.05, 4.69) is 22.1 Å². The molecule has 2 aliphatic rings. The number of allylic oxidation sites excluding steroid dienone is 2. The van der Waals surface area contributed by atoms with Gasteiger partial charge >= 0.3 is 6.18 Å². The molecule has 0 spiro atoms. The highest BCUT2D eigenvalue weighted by atomic mass is 19.4. The fraction of sp³-hybridized carbons (Fsp3) is 0.647. The van der Waals surface area contributed by atoms with Gasteiger partial charge in [-0.2, -0.15) is 13.2 Å². The smallest absolute Gasteiger partial charge is 0.342 e. The highest BCUT2D eigenvalue weighted by molar-refractivity contribution is 5.82. The summed E-state index contributed by atoms with van der Waals surface area (Å²) in [5.41, 5.74) is -1.15. The molecular formula is C17H22F3N3O. The third-order valence-corrected chi connectivity index (χ3v) is 5.18. The molecule has 1 aliphatic heterocycles. The molecule has 1 fully saturated rings. The molecule has 3 rings (SSSR count). The maximum Gasteiger partial charge on any atom is 0.432 e. The summed E-state index contributed by atoms with van der Waals surface area (Å²) in [5.74, 6) is 0.492. The number of carbonyl (C=O) groups is 1. The standard InChI is InChI=1S/C17H22F3N3O/c1-16(7-3-2-4-8-16)15(24)23-9-5-12(6-10-23)14-21-11-13(22-14)17(18,19)20/h2-3,11-12H,4-10H2,1H3,(H,21,22). The van der Waals surface area contributed by atoms with Crippen molar-refractivity contribution in [3.05, 3.63) is 29.9 Å². The Labute approximate surface area is 139 Å². The lowest BCUT2D eigenvalue weighted by Crippen LogP contribution is -2.46. The number of hydrogen-bond donors (Lipinski definition) is 1. The fourth-order valence-electron chi connectivity index (χ4n) is 3.59. The second kappa shape index (κ2) is 6.26. The molecule has 1 amide bonds. The molecule has 132 valence electrons. The third-order valence-electron chi connectivity index (χ3n) is 5.18. The third kappa shape index (κ3) is 3.35. The van der Waals surface area contributed by atoms with Gasteiger partial charge < -0.3 is 9.88 Å². The van der Waals surface area contributed by atoms with E-state index in [9.17, 15) is 18.0 Å². The van der Waals surface area contributed by atoms with Crippen LogP contribution in [-0.2, 0) is 11.0 Å². The Hall–Kier alpha value is -1.79. The van der Waals surface area contributed by atoms with Crippen LogP contribution in [0.5, 0.6) is 0 Å². The number of carbonyl (C=O) groups excluding carboxylic acids is 1. The number of nitrogens with one attached hydrogen (secondary N) is 1. The van der Waals surface area contributed by atoms with Gasteiger partial charge in [-0.3, -0.25) is 4.79 Å². The summed E-state index contributed by atoms with van der Waals surface area (Å²) in [6.45, 7) is 3.16. The van der Waals surface area contributed by atoms with Gasteiger partial charge in [0, 0.05) is 19.0 Å². The molecule has 1 aromatic rings. The molecule has 0 saturated carbocycles. The van der Waals surface area contributed by atoms with E-state index in [4.69, 9.17) is 0 Å². The first-order chi connectivity index (χ1) is 11.3. The van der Waals surface area contributed by atoms with Crippen molar-refractivity contribution < 1.29 is 18.0 Å². The molecule has 2 heterocycles. The van der Waals surface area contributed by atoms with Crippen LogP contribution in [0.2, 0.25) is 0 Å². The summed E-state index contributed by atoms with van der Waals surface area (Å²) in [6.07, 6.45) is 4.45. The maximum absolute atomic E-state index is 12.8. The van der Waals surface area contributed by atoms with Crippen LogP contribution in [0, 0.1) is 5.41 Å². The van der Waals surface area contributed by atoms with Crippen molar-refractivity contribution in [2.75, 3.05) is 13.1 Å². The molecule has 0 aromatic carbocycles. The predicted molar refractivity (Wildman–Crippen MR) is 83.2 cm³/mol. The van der Waals surface area contributed by atoms with Crippen LogP contribution in [0.1, 0.15) is 56.5 Å². The predicted octanol–water partition coefficient (Wildman–Crippen LogP) is 3.88. The number of rotatable bonds is 2. The van der Waals surface area contributed by atoms with Crippen LogP contribution in [-0.4, -0.2) is 33.9 Å². The number of nitrogens with zero attached hydrogens (tertiary/aromatic N) is 2. The summed E-state index contributed by atoms with van der Waals surface area (Å²) in [4.78, 5) is 20.9. The zero-order valence-corrected chi connectivity index (χ0v) is 13.7. The van der Waals surface area contributed by atoms with Gasteiger partial charge in [-0.1, -0.05) is 19.1 Å². The number of amides is 1. The first-order valence-corrected chi connectivity index (χ1v) is 8.36. The molecule has 7 heteroatoms. The van der Waals surface area contributed by atoms with Gasteiger partial charge in [-0.05, 0) is 32.1 Å². The Balaban J connectivity index is 1.60. The molecule has 1 aliphatic carbocycles.